The van der Waals surface area contributed by atoms with Crippen LogP contribution in [0.1, 0.15) is 42.5 Å². The molecule has 2 fully saturated rings. The molecular formula is C18H23ClFN3O2. The van der Waals surface area contributed by atoms with Crippen LogP contribution in [0.3, 0.4) is 0 Å². The molecule has 5 nitrogen and oxygen atoms in total. The van der Waals surface area contributed by atoms with Gasteiger partial charge in [-0.2, -0.15) is 0 Å². The minimum atomic E-state index is -0.539. The number of carbonyl (C=O) groups excluding carboxylic acids is 2. The number of urea groups is 1. The first-order chi connectivity index (χ1) is 12.0. The molecule has 136 valence electrons. The summed E-state index contributed by atoms with van der Waals surface area (Å²) >= 11 is 5.75. The molecule has 1 saturated heterocycles. The lowest BCUT2D eigenvalue weighted by Gasteiger charge is -2.36. The summed E-state index contributed by atoms with van der Waals surface area (Å²) < 4.78 is 13.2. The van der Waals surface area contributed by atoms with Gasteiger partial charge in [-0.15, -0.1) is 0 Å². The molecule has 0 atom stereocenters. The zero-order valence-corrected chi connectivity index (χ0v) is 14.9. The third kappa shape index (κ3) is 4.42. The molecule has 0 radical (unpaired) electrons. The number of rotatable bonds is 2. The van der Waals surface area contributed by atoms with Gasteiger partial charge in [-0.1, -0.05) is 30.9 Å². The van der Waals surface area contributed by atoms with E-state index in [4.69, 9.17) is 11.6 Å². The number of nitrogens with zero attached hydrogens (tertiary/aromatic N) is 2. The molecule has 1 aromatic rings. The Morgan fingerprint density at radius 3 is 2.32 bits per heavy atom. The molecule has 1 aromatic carbocycles. The Kier molecular flexibility index (Phi) is 5.78. The van der Waals surface area contributed by atoms with Crippen LogP contribution in [0, 0.1) is 5.82 Å². The van der Waals surface area contributed by atoms with Gasteiger partial charge in [-0.05, 0) is 31.0 Å². The second-order valence-electron chi connectivity index (χ2n) is 6.69. The lowest BCUT2D eigenvalue weighted by Crippen LogP contribution is -2.54. The van der Waals surface area contributed by atoms with Crippen LogP contribution in [-0.4, -0.2) is 54.0 Å². The number of nitrogens with one attached hydrogen (secondary N) is 1. The van der Waals surface area contributed by atoms with E-state index in [0.717, 1.165) is 12.8 Å². The Labute approximate surface area is 152 Å². The fraction of sp³-hybridized carbons (Fsp3) is 0.556. The van der Waals surface area contributed by atoms with Crippen molar-refractivity contribution in [2.45, 2.75) is 38.1 Å². The summed E-state index contributed by atoms with van der Waals surface area (Å²) in [5.41, 5.74) is 0.367. The summed E-state index contributed by atoms with van der Waals surface area (Å²) in [6, 6.07) is 4.22. The zero-order chi connectivity index (χ0) is 17.8. The van der Waals surface area contributed by atoms with Crippen LogP contribution in [0.2, 0.25) is 5.02 Å². The SMILES string of the molecule is O=C(NC1CCCCC1)N1CCN(C(=O)c2ccc(F)c(Cl)c2)CC1. The molecule has 1 aliphatic carbocycles. The molecule has 3 rings (SSSR count). The van der Waals surface area contributed by atoms with Crippen molar-refractivity contribution in [2.24, 2.45) is 0 Å². The number of hydrogen-bond acceptors (Lipinski definition) is 2. The molecule has 1 N–H and O–H groups in total. The fourth-order valence-electron chi connectivity index (χ4n) is 3.44. The number of amides is 3. The van der Waals surface area contributed by atoms with Crippen molar-refractivity contribution in [2.75, 3.05) is 26.2 Å². The third-order valence-electron chi connectivity index (χ3n) is 4.95. The Morgan fingerprint density at radius 1 is 1.04 bits per heavy atom. The smallest absolute Gasteiger partial charge is 0.317 e. The van der Waals surface area contributed by atoms with Crippen LogP contribution < -0.4 is 5.32 Å². The first-order valence-electron chi connectivity index (χ1n) is 8.84. The summed E-state index contributed by atoms with van der Waals surface area (Å²) in [5.74, 6) is -0.725. The van der Waals surface area contributed by atoms with Crippen molar-refractivity contribution in [3.63, 3.8) is 0 Å². The van der Waals surface area contributed by atoms with Crippen molar-refractivity contribution in [3.8, 4) is 0 Å². The predicted molar refractivity (Wildman–Crippen MR) is 94.3 cm³/mol. The van der Waals surface area contributed by atoms with Crippen molar-refractivity contribution in [1.82, 2.24) is 15.1 Å². The van der Waals surface area contributed by atoms with Gasteiger partial charge in [0.15, 0.2) is 0 Å². The zero-order valence-electron chi connectivity index (χ0n) is 14.1. The standard InChI is InChI=1S/C18H23ClFN3O2/c19-15-12-13(6-7-16(15)20)17(24)22-8-10-23(11-9-22)18(25)21-14-4-2-1-3-5-14/h6-7,12,14H,1-5,8-11H2,(H,21,25). The number of hydrogen-bond donors (Lipinski definition) is 1. The summed E-state index contributed by atoms with van der Waals surface area (Å²) in [6.07, 6.45) is 5.70. The van der Waals surface area contributed by atoms with Crippen LogP contribution in [0.15, 0.2) is 18.2 Å². The van der Waals surface area contributed by atoms with E-state index in [1.54, 1.807) is 9.80 Å². The molecular weight excluding hydrogens is 345 g/mol. The van der Waals surface area contributed by atoms with Crippen LogP contribution in [0.25, 0.3) is 0 Å². The summed E-state index contributed by atoms with van der Waals surface area (Å²) in [6.45, 7) is 1.93. The second kappa shape index (κ2) is 8.04. The average molecular weight is 368 g/mol. The van der Waals surface area contributed by atoms with Crippen LogP contribution >= 0.6 is 11.6 Å². The Bertz CT molecular complexity index is 641. The minimum Gasteiger partial charge on any atom is -0.335 e. The average Bonchev–Trinajstić information content (AvgIpc) is 2.64. The van der Waals surface area contributed by atoms with Gasteiger partial charge in [0.05, 0.1) is 5.02 Å². The van der Waals surface area contributed by atoms with Gasteiger partial charge >= 0.3 is 6.03 Å². The van der Waals surface area contributed by atoms with Gasteiger partial charge in [-0.3, -0.25) is 4.79 Å². The van der Waals surface area contributed by atoms with Gasteiger partial charge in [0.2, 0.25) is 0 Å². The fourth-order valence-corrected chi connectivity index (χ4v) is 3.62. The third-order valence-corrected chi connectivity index (χ3v) is 5.24. The highest BCUT2D eigenvalue weighted by Crippen LogP contribution is 2.19. The quantitative estimate of drug-likeness (QED) is 0.872. The van der Waals surface area contributed by atoms with Crippen molar-refractivity contribution in [3.05, 3.63) is 34.6 Å². The molecule has 2 aliphatic rings. The molecule has 3 amide bonds. The van der Waals surface area contributed by atoms with E-state index < -0.39 is 5.82 Å². The van der Waals surface area contributed by atoms with E-state index in [1.165, 1.54) is 37.5 Å². The van der Waals surface area contributed by atoms with Gasteiger partial charge in [0.25, 0.3) is 5.91 Å². The molecule has 0 aromatic heterocycles. The summed E-state index contributed by atoms with van der Waals surface area (Å²) in [7, 11) is 0. The summed E-state index contributed by atoms with van der Waals surface area (Å²) in [4.78, 5) is 28.3. The molecule has 1 heterocycles. The van der Waals surface area contributed by atoms with Gasteiger partial charge in [-0.25, -0.2) is 9.18 Å². The molecule has 1 saturated carbocycles. The Balaban J connectivity index is 1.51. The van der Waals surface area contributed by atoms with Gasteiger partial charge in [0.1, 0.15) is 5.82 Å². The summed E-state index contributed by atoms with van der Waals surface area (Å²) in [5, 5.41) is 3.04. The molecule has 1 aliphatic heterocycles. The largest absolute Gasteiger partial charge is 0.335 e. The number of piperazine rings is 1. The topological polar surface area (TPSA) is 52.7 Å². The highest BCUT2D eigenvalue weighted by molar-refractivity contribution is 6.31. The highest BCUT2D eigenvalue weighted by Gasteiger charge is 2.26. The maximum Gasteiger partial charge on any atom is 0.317 e. The lowest BCUT2D eigenvalue weighted by atomic mass is 9.96. The monoisotopic (exact) mass is 367 g/mol. The first-order valence-corrected chi connectivity index (χ1v) is 9.22. The van der Waals surface area contributed by atoms with E-state index in [1.807, 2.05) is 0 Å². The maximum atomic E-state index is 13.2. The van der Waals surface area contributed by atoms with Crippen LogP contribution in [-0.2, 0) is 0 Å². The number of halogens is 2. The number of benzene rings is 1. The van der Waals surface area contributed by atoms with E-state index in [2.05, 4.69) is 5.32 Å². The van der Waals surface area contributed by atoms with Crippen LogP contribution in [0.5, 0.6) is 0 Å². The molecule has 7 heteroatoms. The van der Waals surface area contributed by atoms with E-state index in [-0.39, 0.29) is 23.0 Å². The van der Waals surface area contributed by atoms with Crippen molar-refractivity contribution in [1.29, 1.82) is 0 Å². The normalized spacial score (nSPS) is 19.0. The van der Waals surface area contributed by atoms with Crippen molar-refractivity contribution < 1.29 is 14.0 Å². The Hall–Kier alpha value is -1.82. The molecule has 0 unspecified atom stereocenters. The molecule has 25 heavy (non-hydrogen) atoms. The van der Waals surface area contributed by atoms with Gasteiger partial charge in [0, 0.05) is 37.8 Å². The molecule has 0 spiro atoms. The van der Waals surface area contributed by atoms with E-state index in [0.29, 0.717) is 31.7 Å². The highest BCUT2D eigenvalue weighted by atomic mass is 35.5. The van der Waals surface area contributed by atoms with E-state index >= 15 is 0 Å². The van der Waals surface area contributed by atoms with E-state index in [9.17, 15) is 14.0 Å². The lowest BCUT2D eigenvalue weighted by molar-refractivity contribution is 0.0662. The number of carbonyl (C=O) groups is 2. The maximum absolute atomic E-state index is 13.2. The minimum absolute atomic E-state index is 0.0381. The van der Waals surface area contributed by atoms with Gasteiger partial charge < -0.3 is 15.1 Å². The van der Waals surface area contributed by atoms with Crippen LogP contribution in [0.4, 0.5) is 9.18 Å². The van der Waals surface area contributed by atoms with Crippen molar-refractivity contribution >= 4 is 23.5 Å². The first kappa shape index (κ1) is 18.0. The molecule has 0 bridgehead atoms. The second-order valence-corrected chi connectivity index (χ2v) is 7.10. The predicted octanol–water partition coefficient (Wildman–Crippen LogP) is 3.28. The Morgan fingerprint density at radius 2 is 1.68 bits per heavy atom.